The summed E-state index contributed by atoms with van der Waals surface area (Å²) in [5.41, 5.74) is 5.33. The molecule has 0 saturated heterocycles. The van der Waals surface area contributed by atoms with Crippen molar-refractivity contribution in [1.82, 2.24) is 0 Å². The van der Waals surface area contributed by atoms with Gasteiger partial charge in [0.15, 0.2) is 0 Å². The average Bonchev–Trinajstić information content (AvgIpc) is 2.79. The lowest BCUT2D eigenvalue weighted by Gasteiger charge is -2.25. The number of methoxy groups -OCH3 is 1. The van der Waals surface area contributed by atoms with Gasteiger partial charge in [0.25, 0.3) is 0 Å². The lowest BCUT2D eigenvalue weighted by Crippen LogP contribution is -2.47. The highest BCUT2D eigenvalue weighted by molar-refractivity contribution is 7.17. The first-order valence-corrected chi connectivity index (χ1v) is 10.7. The number of aryl methyl sites for hydroxylation is 2. The zero-order chi connectivity index (χ0) is 23.6. The highest BCUT2D eigenvalue weighted by Gasteiger charge is 2.35. The number of hydrogen-bond donors (Lipinski definition) is 2. The quantitative estimate of drug-likeness (QED) is 0.327. The molecule has 0 heterocycles. The Labute approximate surface area is 186 Å². The molecule has 3 N–H and O–H groups in total. The van der Waals surface area contributed by atoms with E-state index in [0.717, 1.165) is 17.4 Å². The van der Waals surface area contributed by atoms with E-state index in [2.05, 4.69) is 0 Å². The van der Waals surface area contributed by atoms with Crippen molar-refractivity contribution in [2.45, 2.75) is 37.4 Å². The zero-order valence-electron chi connectivity index (χ0n) is 17.7. The van der Waals surface area contributed by atoms with Crippen LogP contribution in [0, 0.1) is 0 Å². The highest BCUT2D eigenvalue weighted by atomic mass is 31.1. The average molecular weight is 473 g/mol. The summed E-state index contributed by atoms with van der Waals surface area (Å²) in [5, 5.41) is 9.43. The molecule has 0 aliphatic rings. The van der Waals surface area contributed by atoms with Gasteiger partial charge in [0.05, 0.1) is 38.0 Å². The molecular formula is C22H27F3NO5P. The Kier molecular flexibility index (Phi) is 9.90. The van der Waals surface area contributed by atoms with Crippen LogP contribution in [0.25, 0.3) is 0 Å². The molecule has 1 atom stereocenters. The molecule has 10 heteroatoms. The smallest absolute Gasteiger partial charge is 0.419 e. The second-order valence-corrected chi connectivity index (χ2v) is 7.90. The fraction of sp³-hybridized carbons (Fsp3) is 0.455. The van der Waals surface area contributed by atoms with Crippen LogP contribution in [-0.2, 0) is 28.1 Å². The van der Waals surface area contributed by atoms with Gasteiger partial charge in [0.1, 0.15) is 11.5 Å². The first kappa shape index (κ1) is 26.1. The molecule has 0 fully saturated rings. The van der Waals surface area contributed by atoms with Crippen molar-refractivity contribution in [3.63, 3.8) is 0 Å². The summed E-state index contributed by atoms with van der Waals surface area (Å²) < 4.78 is 66.4. The standard InChI is InChI=1S/C22H27F3NO5P/c1-29-18-7-4-16(5-8-18)3-2-12-30-20-9-6-17(13-19(20)22(23,24)25)10-11-21(26,14-27)15-31-32-28/h4-9,13,27H,2-3,10-12,14-15,26H2,1H3. The minimum Gasteiger partial charge on any atom is -0.497 e. The number of benzene rings is 2. The number of rotatable bonds is 13. The molecule has 2 aromatic carbocycles. The molecule has 6 nitrogen and oxygen atoms in total. The van der Waals surface area contributed by atoms with Crippen LogP contribution < -0.4 is 15.2 Å². The third-order valence-electron chi connectivity index (χ3n) is 5.01. The van der Waals surface area contributed by atoms with Crippen LogP contribution in [0.2, 0.25) is 0 Å². The van der Waals surface area contributed by atoms with Crippen molar-refractivity contribution < 1.29 is 36.8 Å². The van der Waals surface area contributed by atoms with Crippen LogP contribution in [0.5, 0.6) is 11.5 Å². The molecule has 32 heavy (non-hydrogen) atoms. The fourth-order valence-electron chi connectivity index (χ4n) is 3.08. The summed E-state index contributed by atoms with van der Waals surface area (Å²) >= 11 is 0. The molecule has 0 radical (unpaired) electrons. The number of halogens is 3. The van der Waals surface area contributed by atoms with Crippen LogP contribution in [0.15, 0.2) is 42.5 Å². The van der Waals surface area contributed by atoms with Gasteiger partial charge in [0, 0.05) is 0 Å². The van der Waals surface area contributed by atoms with Gasteiger partial charge in [-0.1, -0.05) is 18.2 Å². The topological polar surface area (TPSA) is 91.0 Å². The third-order valence-corrected chi connectivity index (χ3v) is 5.24. The minimum atomic E-state index is -4.58. The molecule has 0 aliphatic carbocycles. The van der Waals surface area contributed by atoms with Gasteiger partial charge in [0.2, 0.25) is 0 Å². The Morgan fingerprint density at radius 2 is 1.75 bits per heavy atom. The molecule has 2 rings (SSSR count). The molecule has 0 aliphatic heterocycles. The monoisotopic (exact) mass is 473 g/mol. The van der Waals surface area contributed by atoms with E-state index in [1.165, 1.54) is 6.07 Å². The maximum Gasteiger partial charge on any atom is 0.419 e. The molecule has 2 aromatic rings. The van der Waals surface area contributed by atoms with E-state index in [0.29, 0.717) is 18.4 Å². The molecule has 0 aromatic heterocycles. The maximum absolute atomic E-state index is 13.6. The van der Waals surface area contributed by atoms with Gasteiger partial charge in [-0.15, -0.1) is 0 Å². The Bertz CT molecular complexity index is 864. The van der Waals surface area contributed by atoms with E-state index >= 15 is 0 Å². The van der Waals surface area contributed by atoms with Crippen LogP contribution >= 0.6 is 8.69 Å². The summed E-state index contributed by atoms with van der Waals surface area (Å²) in [6, 6.07) is 11.3. The van der Waals surface area contributed by atoms with Gasteiger partial charge in [-0.3, -0.25) is 4.52 Å². The third kappa shape index (κ3) is 8.06. The van der Waals surface area contributed by atoms with Crippen LogP contribution in [0.3, 0.4) is 0 Å². The van der Waals surface area contributed by atoms with Crippen molar-refractivity contribution in [2.24, 2.45) is 5.73 Å². The van der Waals surface area contributed by atoms with Crippen molar-refractivity contribution in [3.05, 3.63) is 59.2 Å². The molecule has 0 spiro atoms. The van der Waals surface area contributed by atoms with Gasteiger partial charge >= 0.3 is 14.9 Å². The molecule has 0 amide bonds. The Morgan fingerprint density at radius 3 is 2.34 bits per heavy atom. The van der Waals surface area contributed by atoms with Crippen LogP contribution in [0.4, 0.5) is 13.2 Å². The first-order chi connectivity index (χ1) is 15.2. The normalized spacial score (nSPS) is 13.7. The SMILES string of the molecule is COc1ccc(CCCOc2ccc(CCC(N)(CO)COP=O)cc2C(F)(F)F)cc1. The number of nitrogens with two attached hydrogens (primary N) is 1. The second kappa shape index (κ2) is 12.2. The van der Waals surface area contributed by atoms with Crippen molar-refractivity contribution >= 4 is 8.69 Å². The van der Waals surface area contributed by atoms with E-state index in [4.69, 9.17) is 19.7 Å². The first-order valence-electron chi connectivity index (χ1n) is 10.0. The molecule has 0 bridgehead atoms. The van der Waals surface area contributed by atoms with Crippen LogP contribution in [0.1, 0.15) is 29.5 Å². The predicted octanol–water partition coefficient (Wildman–Crippen LogP) is 4.57. The number of ether oxygens (including phenoxy) is 2. The van der Waals surface area contributed by atoms with E-state index in [9.17, 15) is 22.8 Å². The fourth-order valence-corrected chi connectivity index (χ4v) is 3.39. The Morgan fingerprint density at radius 1 is 1.06 bits per heavy atom. The number of aliphatic hydroxyl groups excluding tert-OH is 1. The van der Waals surface area contributed by atoms with E-state index in [-0.39, 0.29) is 31.8 Å². The lowest BCUT2D eigenvalue weighted by molar-refractivity contribution is -0.139. The summed E-state index contributed by atoms with van der Waals surface area (Å²) in [6.45, 7) is -0.503. The summed E-state index contributed by atoms with van der Waals surface area (Å²) in [4.78, 5) is 0. The highest BCUT2D eigenvalue weighted by Crippen LogP contribution is 2.37. The largest absolute Gasteiger partial charge is 0.497 e. The maximum atomic E-state index is 13.6. The number of hydrogen-bond acceptors (Lipinski definition) is 6. The van der Waals surface area contributed by atoms with Gasteiger partial charge < -0.3 is 20.3 Å². The van der Waals surface area contributed by atoms with Gasteiger partial charge in [-0.05, 0) is 61.1 Å². The molecule has 0 saturated carbocycles. The Balaban J connectivity index is 1.99. The van der Waals surface area contributed by atoms with Crippen molar-refractivity contribution in [3.8, 4) is 11.5 Å². The number of aliphatic hydroxyl groups is 1. The molecule has 176 valence electrons. The zero-order valence-corrected chi connectivity index (χ0v) is 18.6. The van der Waals surface area contributed by atoms with E-state index in [1.807, 2.05) is 24.3 Å². The van der Waals surface area contributed by atoms with Crippen molar-refractivity contribution in [1.29, 1.82) is 0 Å². The van der Waals surface area contributed by atoms with Gasteiger partial charge in [-0.25, -0.2) is 4.57 Å². The van der Waals surface area contributed by atoms with Gasteiger partial charge in [-0.2, -0.15) is 13.2 Å². The number of alkyl halides is 3. The summed E-state index contributed by atoms with van der Waals surface area (Å²) in [6.07, 6.45) is -3.04. The predicted molar refractivity (Wildman–Crippen MR) is 114 cm³/mol. The molecular weight excluding hydrogens is 446 g/mol. The Hall–Kier alpha value is -2.19. The van der Waals surface area contributed by atoms with Crippen molar-refractivity contribution in [2.75, 3.05) is 26.9 Å². The second-order valence-electron chi connectivity index (χ2n) is 7.50. The van der Waals surface area contributed by atoms with E-state index in [1.54, 1.807) is 13.2 Å². The summed E-state index contributed by atoms with van der Waals surface area (Å²) in [5.74, 6) is 0.508. The van der Waals surface area contributed by atoms with E-state index < -0.39 is 32.6 Å². The molecule has 1 unspecified atom stereocenters. The minimum absolute atomic E-state index is 0.136. The van der Waals surface area contributed by atoms with Crippen LogP contribution in [-0.4, -0.2) is 37.6 Å². The lowest BCUT2D eigenvalue weighted by atomic mass is 9.93. The summed E-state index contributed by atoms with van der Waals surface area (Å²) in [7, 11) is 0.999.